The maximum absolute atomic E-state index is 13.0. The molecule has 32 heavy (non-hydrogen) atoms. The number of benzene rings is 2. The highest BCUT2D eigenvalue weighted by Crippen LogP contribution is 2.16. The van der Waals surface area contributed by atoms with E-state index in [9.17, 15) is 14.0 Å². The summed E-state index contributed by atoms with van der Waals surface area (Å²) < 4.78 is 19.8. The second-order valence-electron chi connectivity index (χ2n) is 7.28. The molecule has 4 rings (SSSR count). The van der Waals surface area contributed by atoms with Crippen molar-refractivity contribution in [3.63, 3.8) is 0 Å². The van der Waals surface area contributed by atoms with Crippen molar-refractivity contribution in [1.82, 2.24) is 20.0 Å². The number of nitrogens with zero attached hydrogens (tertiary/aromatic N) is 3. The Morgan fingerprint density at radius 3 is 2.50 bits per heavy atom. The number of hydrogen-bond acceptors (Lipinski definition) is 5. The first-order valence-electron chi connectivity index (χ1n) is 10.2. The average molecular weight is 432 g/mol. The monoisotopic (exact) mass is 432 g/mol. The zero-order valence-corrected chi connectivity index (χ0v) is 17.2. The van der Waals surface area contributed by atoms with Gasteiger partial charge in [-0.3, -0.25) is 9.59 Å². The second kappa shape index (κ2) is 9.82. The Morgan fingerprint density at radius 2 is 1.75 bits per heavy atom. The van der Waals surface area contributed by atoms with Gasteiger partial charge in [0.15, 0.2) is 0 Å². The van der Waals surface area contributed by atoms with Crippen molar-refractivity contribution >= 4 is 5.91 Å². The van der Waals surface area contributed by atoms with E-state index in [1.165, 1.54) is 18.2 Å². The van der Waals surface area contributed by atoms with E-state index in [0.29, 0.717) is 36.8 Å². The Labute approximate surface area is 183 Å². The van der Waals surface area contributed by atoms with Crippen LogP contribution in [0.5, 0.6) is 0 Å². The number of carbonyl (C=O) groups excluding carboxylic acids is 1. The van der Waals surface area contributed by atoms with Crippen molar-refractivity contribution in [1.29, 1.82) is 0 Å². The Morgan fingerprint density at radius 1 is 1.00 bits per heavy atom. The number of pyridine rings is 1. The van der Waals surface area contributed by atoms with Gasteiger partial charge in [-0.05, 0) is 41.5 Å². The maximum Gasteiger partial charge on any atom is 0.250 e. The molecule has 1 amide bonds. The number of halogens is 1. The van der Waals surface area contributed by atoms with Gasteiger partial charge in [-0.1, -0.05) is 35.5 Å². The normalized spacial score (nSPS) is 10.8. The molecule has 0 saturated heterocycles. The van der Waals surface area contributed by atoms with Gasteiger partial charge in [0.2, 0.25) is 17.6 Å². The molecule has 0 radical (unpaired) electrons. The summed E-state index contributed by atoms with van der Waals surface area (Å²) in [5.41, 5.74) is 2.56. The van der Waals surface area contributed by atoms with Crippen LogP contribution in [-0.4, -0.2) is 20.6 Å². The van der Waals surface area contributed by atoms with E-state index in [0.717, 1.165) is 11.1 Å². The Hall–Kier alpha value is -4.07. The molecule has 8 heteroatoms. The van der Waals surface area contributed by atoms with Crippen LogP contribution in [0.3, 0.4) is 0 Å². The fourth-order valence-electron chi connectivity index (χ4n) is 3.13. The van der Waals surface area contributed by atoms with Crippen molar-refractivity contribution in [2.45, 2.75) is 25.9 Å². The molecule has 7 nitrogen and oxygen atoms in total. The molecule has 2 aromatic carbocycles. The van der Waals surface area contributed by atoms with Gasteiger partial charge in [0.1, 0.15) is 5.82 Å². The van der Waals surface area contributed by atoms with Crippen LogP contribution in [0.2, 0.25) is 0 Å². The predicted octanol–water partition coefficient (Wildman–Crippen LogP) is 3.33. The van der Waals surface area contributed by atoms with Gasteiger partial charge in [0, 0.05) is 37.2 Å². The van der Waals surface area contributed by atoms with E-state index in [1.54, 1.807) is 29.0 Å². The fourth-order valence-corrected chi connectivity index (χ4v) is 3.13. The summed E-state index contributed by atoms with van der Waals surface area (Å²) in [4.78, 5) is 28.2. The quantitative estimate of drug-likeness (QED) is 0.461. The number of rotatable bonds is 8. The summed E-state index contributed by atoms with van der Waals surface area (Å²) >= 11 is 0. The molecule has 4 aromatic rings. The van der Waals surface area contributed by atoms with Crippen LogP contribution in [0.25, 0.3) is 11.4 Å². The molecule has 0 fully saturated rings. The predicted molar refractivity (Wildman–Crippen MR) is 116 cm³/mol. The van der Waals surface area contributed by atoms with Gasteiger partial charge in [-0.25, -0.2) is 4.39 Å². The van der Waals surface area contributed by atoms with E-state index in [1.807, 2.05) is 30.3 Å². The van der Waals surface area contributed by atoms with Gasteiger partial charge in [0.05, 0.1) is 6.54 Å². The third-order valence-corrected chi connectivity index (χ3v) is 4.90. The van der Waals surface area contributed by atoms with E-state index in [-0.39, 0.29) is 23.7 Å². The van der Waals surface area contributed by atoms with Gasteiger partial charge in [-0.2, -0.15) is 4.98 Å². The SMILES string of the molecule is O=C(CCc1nc(-c2ccc(F)cc2)no1)NCc1ccc(Cn2ccccc2=O)cc1. The molecule has 0 unspecified atom stereocenters. The van der Waals surface area contributed by atoms with Crippen LogP contribution in [0.1, 0.15) is 23.4 Å². The Bertz CT molecular complexity index is 1250. The van der Waals surface area contributed by atoms with Gasteiger partial charge in [-0.15, -0.1) is 0 Å². The van der Waals surface area contributed by atoms with Gasteiger partial charge in [0.25, 0.3) is 5.56 Å². The van der Waals surface area contributed by atoms with Crippen molar-refractivity contribution in [3.05, 3.63) is 106 Å². The van der Waals surface area contributed by atoms with Crippen LogP contribution in [0.4, 0.5) is 4.39 Å². The van der Waals surface area contributed by atoms with Crippen LogP contribution >= 0.6 is 0 Å². The smallest absolute Gasteiger partial charge is 0.250 e. The first-order chi connectivity index (χ1) is 15.6. The average Bonchev–Trinajstić information content (AvgIpc) is 3.28. The molecule has 1 N–H and O–H groups in total. The molecule has 0 bridgehead atoms. The maximum atomic E-state index is 13.0. The summed E-state index contributed by atoms with van der Waals surface area (Å²) in [6.45, 7) is 0.894. The highest BCUT2D eigenvalue weighted by atomic mass is 19.1. The first kappa shape index (κ1) is 21.2. The first-order valence-corrected chi connectivity index (χ1v) is 10.2. The lowest BCUT2D eigenvalue weighted by Gasteiger charge is -2.08. The lowest BCUT2D eigenvalue weighted by Crippen LogP contribution is -2.23. The van der Waals surface area contributed by atoms with E-state index >= 15 is 0 Å². The minimum absolute atomic E-state index is 0.0464. The van der Waals surface area contributed by atoms with Crippen molar-refractivity contribution < 1.29 is 13.7 Å². The van der Waals surface area contributed by atoms with E-state index in [4.69, 9.17) is 4.52 Å². The number of aromatic nitrogens is 3. The largest absolute Gasteiger partial charge is 0.352 e. The van der Waals surface area contributed by atoms with Gasteiger partial charge >= 0.3 is 0 Å². The zero-order valence-electron chi connectivity index (χ0n) is 17.2. The molecule has 2 heterocycles. The summed E-state index contributed by atoms with van der Waals surface area (Å²) in [7, 11) is 0. The van der Waals surface area contributed by atoms with E-state index in [2.05, 4.69) is 15.5 Å². The van der Waals surface area contributed by atoms with Crippen LogP contribution in [0, 0.1) is 5.82 Å². The van der Waals surface area contributed by atoms with Crippen molar-refractivity contribution in [2.24, 2.45) is 0 Å². The highest BCUT2D eigenvalue weighted by Gasteiger charge is 2.11. The number of amides is 1. The second-order valence-corrected chi connectivity index (χ2v) is 7.28. The number of carbonyl (C=O) groups is 1. The van der Waals surface area contributed by atoms with Crippen molar-refractivity contribution in [3.8, 4) is 11.4 Å². The van der Waals surface area contributed by atoms with Crippen LogP contribution < -0.4 is 10.9 Å². The summed E-state index contributed by atoms with van der Waals surface area (Å²) in [6.07, 6.45) is 2.27. The Kier molecular flexibility index (Phi) is 6.50. The molecule has 0 aliphatic rings. The molecular weight excluding hydrogens is 411 g/mol. The van der Waals surface area contributed by atoms with Crippen LogP contribution in [0.15, 0.2) is 82.2 Å². The molecule has 0 atom stereocenters. The van der Waals surface area contributed by atoms with Gasteiger partial charge < -0.3 is 14.4 Å². The third kappa shape index (κ3) is 5.54. The number of aryl methyl sites for hydroxylation is 1. The molecule has 162 valence electrons. The summed E-state index contributed by atoms with van der Waals surface area (Å²) in [5.74, 6) is 0.236. The number of nitrogens with one attached hydrogen (secondary N) is 1. The number of hydrogen-bond donors (Lipinski definition) is 1. The lowest BCUT2D eigenvalue weighted by atomic mass is 10.1. The molecule has 0 aliphatic carbocycles. The molecule has 2 aromatic heterocycles. The lowest BCUT2D eigenvalue weighted by molar-refractivity contribution is -0.121. The fraction of sp³-hybridized carbons (Fsp3) is 0.167. The zero-order chi connectivity index (χ0) is 22.3. The standard InChI is InChI=1S/C24H21FN4O3/c25-20-10-8-19(9-11-20)24-27-22(32-28-24)13-12-21(30)26-15-17-4-6-18(7-5-17)16-29-14-2-1-3-23(29)31/h1-11,14H,12-13,15-16H2,(H,26,30). The molecule has 0 aliphatic heterocycles. The molecule has 0 saturated carbocycles. The van der Waals surface area contributed by atoms with Crippen molar-refractivity contribution in [2.75, 3.05) is 0 Å². The minimum atomic E-state index is -0.338. The van der Waals surface area contributed by atoms with Crippen LogP contribution in [-0.2, 0) is 24.3 Å². The third-order valence-electron chi connectivity index (χ3n) is 4.90. The molecule has 0 spiro atoms. The minimum Gasteiger partial charge on any atom is -0.352 e. The highest BCUT2D eigenvalue weighted by molar-refractivity contribution is 5.76. The summed E-state index contributed by atoms with van der Waals surface area (Å²) in [6, 6.07) is 18.6. The molecular formula is C24H21FN4O3. The topological polar surface area (TPSA) is 90.0 Å². The Balaban J connectivity index is 1.24. The van der Waals surface area contributed by atoms with E-state index < -0.39 is 0 Å². The summed E-state index contributed by atoms with van der Waals surface area (Å²) in [5, 5.41) is 6.74.